The Balaban J connectivity index is 1.78. The average molecular weight is 222 g/mol. The highest BCUT2D eigenvalue weighted by Gasteiger charge is 2.48. The summed E-state index contributed by atoms with van der Waals surface area (Å²) in [6, 6.07) is 0.792. The van der Waals surface area contributed by atoms with Gasteiger partial charge in [0.15, 0.2) is 0 Å². The van der Waals surface area contributed by atoms with Crippen LogP contribution in [0, 0.1) is 23.7 Å². The third kappa shape index (κ3) is 1.65. The average Bonchev–Trinajstić information content (AvgIpc) is 2.46. The Morgan fingerprint density at radius 1 is 1.00 bits per heavy atom. The minimum absolute atomic E-state index is 0.117. The van der Waals surface area contributed by atoms with Gasteiger partial charge in [0.1, 0.15) is 0 Å². The predicted octanol–water partition coefficient (Wildman–Crippen LogP) is 1.27. The molecule has 16 heavy (non-hydrogen) atoms. The molecule has 6 atom stereocenters. The Bertz CT molecular complexity index is 304. The SMILES string of the molecule is CC(=O)N[C@@H]1CC2CC3CC2CC(C1)[C@H]3N. The van der Waals surface area contributed by atoms with Crippen LogP contribution in [0.3, 0.4) is 0 Å². The maximum Gasteiger partial charge on any atom is 0.217 e. The van der Waals surface area contributed by atoms with Crippen molar-refractivity contribution in [3.05, 3.63) is 0 Å². The lowest BCUT2D eigenvalue weighted by molar-refractivity contribution is -0.119. The Labute approximate surface area is 97.2 Å². The van der Waals surface area contributed by atoms with Crippen molar-refractivity contribution >= 4 is 5.91 Å². The highest BCUT2D eigenvalue weighted by Crippen LogP contribution is 2.52. The van der Waals surface area contributed by atoms with Gasteiger partial charge in [-0.2, -0.15) is 0 Å². The molecule has 3 rings (SSSR count). The summed E-state index contributed by atoms with van der Waals surface area (Å²) in [6.07, 6.45) is 6.31. The van der Waals surface area contributed by atoms with Crippen molar-refractivity contribution in [3.63, 3.8) is 0 Å². The topological polar surface area (TPSA) is 55.1 Å². The molecule has 3 heteroatoms. The summed E-state index contributed by atoms with van der Waals surface area (Å²) in [4.78, 5) is 11.2. The molecule has 3 nitrogen and oxygen atoms in total. The Morgan fingerprint density at radius 3 is 2.12 bits per heavy atom. The molecule has 3 fully saturated rings. The second-order valence-electron chi connectivity index (χ2n) is 6.19. The number of amides is 1. The van der Waals surface area contributed by atoms with Gasteiger partial charge < -0.3 is 11.1 Å². The zero-order valence-electron chi connectivity index (χ0n) is 9.99. The van der Waals surface area contributed by atoms with Gasteiger partial charge in [-0.1, -0.05) is 0 Å². The highest BCUT2D eigenvalue weighted by atomic mass is 16.1. The summed E-state index contributed by atoms with van der Waals surface area (Å²) in [5, 5.41) is 3.12. The highest BCUT2D eigenvalue weighted by molar-refractivity contribution is 5.73. The molecular formula is C13H22N2O. The number of carbonyl (C=O) groups is 1. The molecule has 3 bridgehead atoms. The van der Waals surface area contributed by atoms with Crippen LogP contribution in [0.2, 0.25) is 0 Å². The first-order valence-electron chi connectivity index (χ1n) is 6.66. The van der Waals surface area contributed by atoms with Crippen molar-refractivity contribution in [2.45, 2.75) is 51.1 Å². The van der Waals surface area contributed by atoms with Crippen LogP contribution in [0.4, 0.5) is 0 Å². The molecule has 4 unspecified atom stereocenters. The number of fused-ring (bicyclic) bond motifs is 2. The maximum absolute atomic E-state index is 11.2. The fraction of sp³-hybridized carbons (Fsp3) is 0.923. The molecule has 1 amide bonds. The summed E-state index contributed by atoms with van der Waals surface area (Å²) >= 11 is 0. The monoisotopic (exact) mass is 222 g/mol. The number of rotatable bonds is 1. The van der Waals surface area contributed by atoms with Crippen LogP contribution in [0.5, 0.6) is 0 Å². The quantitative estimate of drug-likeness (QED) is 0.702. The molecule has 0 aromatic rings. The second kappa shape index (κ2) is 3.73. The van der Waals surface area contributed by atoms with E-state index >= 15 is 0 Å². The van der Waals surface area contributed by atoms with E-state index in [1.54, 1.807) is 6.92 Å². The number of carbonyl (C=O) groups excluding carboxylic acids is 1. The molecule has 3 aliphatic carbocycles. The first kappa shape index (κ1) is 10.6. The zero-order chi connectivity index (χ0) is 11.3. The van der Waals surface area contributed by atoms with Crippen LogP contribution in [0.1, 0.15) is 39.0 Å². The first-order chi connectivity index (χ1) is 7.63. The molecule has 0 aromatic carbocycles. The van der Waals surface area contributed by atoms with E-state index in [0.717, 1.165) is 24.2 Å². The van der Waals surface area contributed by atoms with Gasteiger partial charge in [0.05, 0.1) is 0 Å². The van der Waals surface area contributed by atoms with E-state index in [0.29, 0.717) is 18.0 Å². The Morgan fingerprint density at radius 2 is 1.50 bits per heavy atom. The fourth-order valence-electron chi connectivity index (χ4n) is 4.57. The lowest BCUT2D eigenvalue weighted by atomic mass is 9.75. The molecule has 0 aliphatic heterocycles. The number of nitrogens with one attached hydrogen (secondary N) is 1. The lowest BCUT2D eigenvalue weighted by Gasteiger charge is -2.35. The summed E-state index contributed by atoms with van der Waals surface area (Å²) in [6.45, 7) is 1.63. The van der Waals surface area contributed by atoms with Crippen LogP contribution < -0.4 is 11.1 Å². The summed E-state index contributed by atoms with van der Waals surface area (Å²) < 4.78 is 0. The number of nitrogens with two attached hydrogens (primary N) is 1. The maximum atomic E-state index is 11.2. The lowest BCUT2D eigenvalue weighted by Crippen LogP contribution is -2.44. The Kier molecular flexibility index (Phi) is 2.46. The Hall–Kier alpha value is -0.570. The van der Waals surface area contributed by atoms with Gasteiger partial charge in [0.2, 0.25) is 5.91 Å². The molecule has 0 saturated heterocycles. The largest absolute Gasteiger partial charge is 0.354 e. The third-order valence-corrected chi connectivity index (χ3v) is 5.15. The van der Waals surface area contributed by atoms with Crippen molar-refractivity contribution in [1.82, 2.24) is 5.32 Å². The third-order valence-electron chi connectivity index (χ3n) is 5.15. The molecule has 3 N–H and O–H groups in total. The van der Waals surface area contributed by atoms with Gasteiger partial charge in [-0.05, 0) is 55.8 Å². The van der Waals surface area contributed by atoms with Crippen molar-refractivity contribution in [3.8, 4) is 0 Å². The van der Waals surface area contributed by atoms with Crippen molar-refractivity contribution in [2.75, 3.05) is 0 Å². The van der Waals surface area contributed by atoms with Crippen molar-refractivity contribution < 1.29 is 4.79 Å². The van der Waals surface area contributed by atoms with E-state index in [4.69, 9.17) is 5.73 Å². The van der Waals surface area contributed by atoms with E-state index in [1.165, 1.54) is 25.7 Å². The van der Waals surface area contributed by atoms with Crippen LogP contribution in [-0.4, -0.2) is 18.0 Å². The smallest absolute Gasteiger partial charge is 0.217 e. The summed E-state index contributed by atoms with van der Waals surface area (Å²) in [5.41, 5.74) is 6.35. The van der Waals surface area contributed by atoms with Crippen LogP contribution in [0.15, 0.2) is 0 Å². The van der Waals surface area contributed by atoms with E-state index in [1.807, 2.05) is 0 Å². The van der Waals surface area contributed by atoms with Crippen LogP contribution in [-0.2, 0) is 4.79 Å². The van der Waals surface area contributed by atoms with E-state index in [9.17, 15) is 4.79 Å². The van der Waals surface area contributed by atoms with E-state index < -0.39 is 0 Å². The molecule has 0 heterocycles. The van der Waals surface area contributed by atoms with Gasteiger partial charge in [-0.3, -0.25) is 4.79 Å². The molecule has 0 radical (unpaired) electrons. The minimum Gasteiger partial charge on any atom is -0.354 e. The standard InChI is InChI=1S/C13H22N2O/c1-7(16)15-12-5-9-4-10-2-8(9)3-11(6-12)13(10)14/h8-13H,2-6,14H2,1H3,(H,15,16)/t8?,9?,10?,11?,12-,13+/m1/s1. The van der Waals surface area contributed by atoms with Crippen molar-refractivity contribution in [1.29, 1.82) is 0 Å². The molecular weight excluding hydrogens is 200 g/mol. The summed E-state index contributed by atoms with van der Waals surface area (Å²) in [7, 11) is 0. The molecule has 90 valence electrons. The normalized spacial score (nSPS) is 50.1. The van der Waals surface area contributed by atoms with E-state index in [2.05, 4.69) is 5.32 Å². The second-order valence-corrected chi connectivity index (χ2v) is 6.19. The summed E-state index contributed by atoms with van der Waals surface area (Å²) in [5.74, 6) is 3.31. The van der Waals surface area contributed by atoms with Gasteiger partial charge in [-0.25, -0.2) is 0 Å². The van der Waals surface area contributed by atoms with Gasteiger partial charge >= 0.3 is 0 Å². The molecule has 3 saturated carbocycles. The van der Waals surface area contributed by atoms with Gasteiger partial charge in [-0.15, -0.1) is 0 Å². The van der Waals surface area contributed by atoms with Crippen LogP contribution in [0.25, 0.3) is 0 Å². The first-order valence-corrected chi connectivity index (χ1v) is 6.66. The molecule has 0 spiro atoms. The predicted molar refractivity (Wildman–Crippen MR) is 62.6 cm³/mol. The minimum atomic E-state index is 0.117. The number of hydrogen-bond donors (Lipinski definition) is 2. The molecule has 3 aliphatic rings. The molecule has 0 aromatic heterocycles. The van der Waals surface area contributed by atoms with Gasteiger partial charge in [0.25, 0.3) is 0 Å². The number of hydrogen-bond acceptors (Lipinski definition) is 2. The van der Waals surface area contributed by atoms with Gasteiger partial charge in [0, 0.05) is 19.0 Å². The van der Waals surface area contributed by atoms with Crippen molar-refractivity contribution in [2.24, 2.45) is 29.4 Å². The fourth-order valence-corrected chi connectivity index (χ4v) is 4.57. The zero-order valence-corrected chi connectivity index (χ0v) is 9.99. The van der Waals surface area contributed by atoms with Crippen LogP contribution >= 0.6 is 0 Å². The van der Waals surface area contributed by atoms with E-state index in [-0.39, 0.29) is 5.91 Å².